The van der Waals surface area contributed by atoms with Crippen LogP contribution in [0.15, 0.2) is 42.7 Å². The fourth-order valence-electron chi connectivity index (χ4n) is 4.71. The van der Waals surface area contributed by atoms with Crippen molar-refractivity contribution in [3.63, 3.8) is 0 Å². The lowest BCUT2D eigenvalue weighted by Gasteiger charge is -2.23. The molecule has 1 aliphatic heterocycles. The summed E-state index contributed by atoms with van der Waals surface area (Å²) in [4.78, 5) is 9.50. The maximum atomic E-state index is 13.3. The van der Waals surface area contributed by atoms with Crippen LogP contribution in [0.2, 0.25) is 0 Å². The smallest absolute Gasteiger partial charge is 0.416 e. The standard InChI is InChI=1S/C23H24F3N3O/c1-13(2)29-9-18-19(10-29)20(18)11-30-16-5-3-14(4-6-16)17-7-15(23(24,25)26)8-21-22(17)28-12-27-21/h3-8,12-13,18-20H,9-11H2,1-2H3,(H,27,28). The third-order valence-electron chi connectivity index (χ3n) is 6.59. The minimum Gasteiger partial charge on any atom is -0.493 e. The van der Waals surface area contributed by atoms with E-state index in [1.54, 1.807) is 12.1 Å². The molecule has 1 aromatic heterocycles. The lowest BCUT2D eigenvalue weighted by molar-refractivity contribution is -0.137. The summed E-state index contributed by atoms with van der Waals surface area (Å²) in [6.07, 6.45) is -3.00. The van der Waals surface area contributed by atoms with Crippen molar-refractivity contribution in [3.05, 3.63) is 48.3 Å². The number of hydrogen-bond acceptors (Lipinski definition) is 3. The SMILES string of the molecule is CC(C)N1CC2C(COc3ccc(-c4cc(C(F)(F)F)cc5[nH]cnc45)cc3)C2C1. The molecule has 1 saturated carbocycles. The summed E-state index contributed by atoms with van der Waals surface area (Å²) in [5.74, 6) is 2.84. The Morgan fingerprint density at radius 3 is 2.47 bits per heavy atom. The van der Waals surface area contributed by atoms with Gasteiger partial charge in [0.05, 0.1) is 29.5 Å². The van der Waals surface area contributed by atoms with Crippen molar-refractivity contribution in [1.82, 2.24) is 14.9 Å². The topological polar surface area (TPSA) is 41.1 Å². The van der Waals surface area contributed by atoms with Gasteiger partial charge in [-0.3, -0.25) is 0 Å². The van der Waals surface area contributed by atoms with Gasteiger partial charge in [0.2, 0.25) is 0 Å². The molecule has 1 N–H and O–H groups in total. The van der Waals surface area contributed by atoms with Gasteiger partial charge >= 0.3 is 6.18 Å². The molecule has 2 unspecified atom stereocenters. The van der Waals surface area contributed by atoms with Crippen molar-refractivity contribution in [2.24, 2.45) is 17.8 Å². The highest BCUT2D eigenvalue weighted by Crippen LogP contribution is 2.52. The third-order valence-corrected chi connectivity index (χ3v) is 6.59. The number of H-pyrrole nitrogens is 1. The van der Waals surface area contributed by atoms with E-state index in [9.17, 15) is 13.2 Å². The fraction of sp³-hybridized carbons (Fsp3) is 0.435. The molecule has 2 fully saturated rings. The molecular weight excluding hydrogens is 391 g/mol. The molecule has 1 aliphatic carbocycles. The normalized spacial score (nSPS) is 23.9. The van der Waals surface area contributed by atoms with E-state index >= 15 is 0 Å². The first-order valence-corrected chi connectivity index (χ1v) is 10.3. The van der Waals surface area contributed by atoms with Crippen LogP contribution in [0, 0.1) is 17.8 Å². The van der Waals surface area contributed by atoms with Crippen molar-refractivity contribution in [1.29, 1.82) is 0 Å². The molecule has 2 aromatic carbocycles. The zero-order valence-electron chi connectivity index (χ0n) is 16.9. The number of likely N-dealkylation sites (tertiary alicyclic amines) is 1. The molecule has 0 amide bonds. The molecule has 2 heterocycles. The number of alkyl halides is 3. The van der Waals surface area contributed by atoms with Gasteiger partial charge in [0, 0.05) is 30.6 Å². The molecule has 2 aliphatic rings. The Labute approximate surface area is 173 Å². The number of piperidine rings is 1. The molecular formula is C23H24F3N3O. The first-order valence-electron chi connectivity index (χ1n) is 10.3. The number of hydrogen-bond donors (Lipinski definition) is 1. The molecule has 2 atom stereocenters. The van der Waals surface area contributed by atoms with E-state index in [-0.39, 0.29) is 0 Å². The maximum Gasteiger partial charge on any atom is 0.416 e. The van der Waals surface area contributed by atoms with Gasteiger partial charge in [0.25, 0.3) is 0 Å². The molecule has 5 rings (SSSR count). The number of halogens is 3. The van der Waals surface area contributed by atoms with Crippen LogP contribution in [-0.2, 0) is 6.18 Å². The molecule has 0 spiro atoms. The number of aromatic nitrogens is 2. The Morgan fingerprint density at radius 2 is 1.83 bits per heavy atom. The summed E-state index contributed by atoms with van der Waals surface area (Å²) in [6, 6.07) is 10.1. The zero-order valence-corrected chi connectivity index (χ0v) is 16.9. The second-order valence-electron chi connectivity index (χ2n) is 8.69. The lowest BCUT2D eigenvalue weighted by Crippen LogP contribution is -2.31. The van der Waals surface area contributed by atoms with E-state index in [2.05, 4.69) is 28.7 Å². The third kappa shape index (κ3) is 3.45. The number of aromatic amines is 1. The highest BCUT2D eigenvalue weighted by molar-refractivity contribution is 5.92. The molecule has 158 valence electrons. The van der Waals surface area contributed by atoms with E-state index in [0.29, 0.717) is 40.7 Å². The van der Waals surface area contributed by atoms with E-state index < -0.39 is 11.7 Å². The van der Waals surface area contributed by atoms with Gasteiger partial charge in [-0.05, 0) is 55.5 Å². The average molecular weight is 415 g/mol. The van der Waals surface area contributed by atoms with Crippen molar-refractivity contribution < 1.29 is 17.9 Å². The first-order chi connectivity index (χ1) is 14.3. The van der Waals surface area contributed by atoms with E-state index in [4.69, 9.17) is 4.74 Å². The number of nitrogens with zero attached hydrogens (tertiary/aromatic N) is 2. The summed E-state index contributed by atoms with van der Waals surface area (Å²) >= 11 is 0. The van der Waals surface area contributed by atoms with Gasteiger partial charge in [-0.15, -0.1) is 0 Å². The molecule has 1 saturated heterocycles. The van der Waals surface area contributed by atoms with E-state index in [1.165, 1.54) is 6.33 Å². The van der Waals surface area contributed by atoms with Gasteiger partial charge in [0.1, 0.15) is 5.75 Å². The van der Waals surface area contributed by atoms with Gasteiger partial charge < -0.3 is 14.6 Å². The average Bonchev–Trinajstić information content (AvgIpc) is 3.07. The minimum absolute atomic E-state index is 0.371. The monoisotopic (exact) mass is 415 g/mol. The van der Waals surface area contributed by atoms with Crippen molar-refractivity contribution in [2.45, 2.75) is 26.1 Å². The summed E-state index contributed by atoms with van der Waals surface area (Å²) in [5.41, 5.74) is 1.35. The largest absolute Gasteiger partial charge is 0.493 e. The molecule has 4 nitrogen and oxygen atoms in total. The Morgan fingerprint density at radius 1 is 1.13 bits per heavy atom. The van der Waals surface area contributed by atoms with E-state index in [0.717, 1.165) is 42.8 Å². The van der Waals surface area contributed by atoms with Crippen LogP contribution in [0.5, 0.6) is 5.75 Å². The predicted octanol–water partition coefficient (Wildman–Crippen LogP) is 5.21. The molecule has 30 heavy (non-hydrogen) atoms. The van der Waals surface area contributed by atoms with Crippen LogP contribution in [-0.4, -0.2) is 40.6 Å². The van der Waals surface area contributed by atoms with Gasteiger partial charge in [0.15, 0.2) is 0 Å². The van der Waals surface area contributed by atoms with E-state index in [1.807, 2.05) is 12.1 Å². The molecule has 0 radical (unpaired) electrons. The number of nitrogens with one attached hydrogen (secondary N) is 1. The number of benzene rings is 2. The van der Waals surface area contributed by atoms with Crippen LogP contribution in [0.4, 0.5) is 13.2 Å². The van der Waals surface area contributed by atoms with Gasteiger partial charge in [-0.25, -0.2) is 4.98 Å². The summed E-state index contributed by atoms with van der Waals surface area (Å²) in [6.45, 7) is 7.49. The quantitative estimate of drug-likeness (QED) is 0.622. The highest BCUT2D eigenvalue weighted by atomic mass is 19.4. The second-order valence-corrected chi connectivity index (χ2v) is 8.69. The number of rotatable bonds is 5. The fourth-order valence-corrected chi connectivity index (χ4v) is 4.71. The number of ether oxygens (including phenoxy) is 1. The lowest BCUT2D eigenvalue weighted by atomic mass is 10.0. The van der Waals surface area contributed by atoms with Crippen LogP contribution in [0.25, 0.3) is 22.2 Å². The van der Waals surface area contributed by atoms with Gasteiger partial charge in [-0.1, -0.05) is 12.1 Å². The Balaban J connectivity index is 1.29. The molecule has 7 heteroatoms. The van der Waals surface area contributed by atoms with Crippen LogP contribution in [0.3, 0.4) is 0 Å². The summed E-state index contributed by atoms with van der Waals surface area (Å²) in [7, 11) is 0. The van der Waals surface area contributed by atoms with Crippen LogP contribution >= 0.6 is 0 Å². The van der Waals surface area contributed by atoms with Crippen LogP contribution in [0.1, 0.15) is 19.4 Å². The van der Waals surface area contributed by atoms with Crippen molar-refractivity contribution in [3.8, 4) is 16.9 Å². The Bertz CT molecular complexity index is 1050. The number of imidazole rings is 1. The molecule has 3 aromatic rings. The van der Waals surface area contributed by atoms with Crippen molar-refractivity contribution in [2.75, 3.05) is 19.7 Å². The minimum atomic E-state index is -4.41. The summed E-state index contributed by atoms with van der Waals surface area (Å²) in [5, 5.41) is 0. The Hall–Kier alpha value is -2.54. The van der Waals surface area contributed by atoms with Crippen LogP contribution < -0.4 is 4.74 Å². The summed E-state index contributed by atoms with van der Waals surface area (Å²) < 4.78 is 45.8. The maximum absolute atomic E-state index is 13.3. The van der Waals surface area contributed by atoms with Crippen molar-refractivity contribution >= 4 is 11.0 Å². The second kappa shape index (κ2) is 7.01. The van der Waals surface area contributed by atoms with Gasteiger partial charge in [-0.2, -0.15) is 13.2 Å². The highest BCUT2D eigenvalue weighted by Gasteiger charge is 2.56. The Kier molecular flexibility index (Phi) is 4.54. The zero-order chi connectivity index (χ0) is 21.0. The predicted molar refractivity (Wildman–Crippen MR) is 109 cm³/mol. The first kappa shape index (κ1) is 19.4. The number of fused-ring (bicyclic) bond motifs is 2. The molecule has 0 bridgehead atoms.